The molecule has 0 radical (unpaired) electrons. The summed E-state index contributed by atoms with van der Waals surface area (Å²) in [5.74, 6) is 0. The fourth-order valence-corrected chi connectivity index (χ4v) is 4.07. The Morgan fingerprint density at radius 3 is 2.30 bits per heavy atom. The van der Waals surface area contributed by atoms with E-state index >= 15 is 0 Å². The first-order valence-electron chi connectivity index (χ1n) is 4.33. The van der Waals surface area contributed by atoms with E-state index in [0.717, 1.165) is 0 Å². The fraction of sp³-hybridized carbons (Fsp3) is 1.00. The van der Waals surface area contributed by atoms with Gasteiger partial charge in [-0.3, -0.25) is 0 Å². The van der Waals surface area contributed by atoms with Gasteiger partial charge in [0.1, 0.15) is 0 Å². The van der Waals surface area contributed by atoms with Gasteiger partial charge >= 0.3 is 0 Å². The summed E-state index contributed by atoms with van der Waals surface area (Å²) in [7, 11) is 4.67. The molecule has 10 heavy (non-hydrogen) atoms. The zero-order valence-electron chi connectivity index (χ0n) is 7.48. The van der Waals surface area contributed by atoms with E-state index in [1.807, 2.05) is 0 Å². The molecule has 0 amide bonds. The fourth-order valence-electron chi connectivity index (χ4n) is 1.76. The Morgan fingerprint density at radius 2 is 2.00 bits per heavy atom. The lowest BCUT2D eigenvalue weighted by Gasteiger charge is -2.39. The van der Waals surface area contributed by atoms with E-state index in [1.54, 1.807) is 6.04 Å². The molecule has 1 aliphatic rings. The molecule has 0 aromatic heterocycles. The minimum Gasteiger partial charge on any atom is -0.307 e. The molecule has 1 fully saturated rings. The SMILES string of the molecule is CN(C)C1(C)CCCC[SiH2]1. The van der Waals surface area contributed by atoms with Crippen molar-refractivity contribution >= 4 is 9.52 Å². The summed E-state index contributed by atoms with van der Waals surface area (Å²) < 4.78 is 0. The van der Waals surface area contributed by atoms with Gasteiger partial charge in [0.05, 0.1) is 0 Å². The van der Waals surface area contributed by atoms with Crippen molar-refractivity contribution in [1.29, 1.82) is 0 Å². The summed E-state index contributed by atoms with van der Waals surface area (Å²) in [6.07, 6.45) is 4.42. The van der Waals surface area contributed by atoms with Gasteiger partial charge in [-0.25, -0.2) is 0 Å². The Morgan fingerprint density at radius 1 is 1.30 bits per heavy atom. The van der Waals surface area contributed by atoms with Crippen molar-refractivity contribution in [3.63, 3.8) is 0 Å². The van der Waals surface area contributed by atoms with E-state index in [9.17, 15) is 0 Å². The molecule has 0 aliphatic carbocycles. The molecule has 0 N–H and O–H groups in total. The Kier molecular flexibility index (Phi) is 2.53. The van der Waals surface area contributed by atoms with Crippen molar-refractivity contribution in [2.24, 2.45) is 0 Å². The second kappa shape index (κ2) is 3.05. The third-order valence-electron chi connectivity index (χ3n) is 3.01. The Labute approximate surface area is 66.6 Å². The normalized spacial score (nSPS) is 37.2. The third kappa shape index (κ3) is 1.61. The van der Waals surface area contributed by atoms with Crippen LogP contribution >= 0.6 is 0 Å². The molecule has 1 nitrogen and oxygen atoms in total. The van der Waals surface area contributed by atoms with E-state index in [1.165, 1.54) is 19.3 Å². The summed E-state index contributed by atoms with van der Waals surface area (Å²) in [6, 6.07) is 1.56. The van der Waals surface area contributed by atoms with E-state index in [-0.39, 0.29) is 9.52 Å². The first-order chi connectivity index (χ1) is 4.65. The molecule has 0 spiro atoms. The Bertz CT molecular complexity index is 106. The van der Waals surface area contributed by atoms with Crippen LogP contribution in [0.25, 0.3) is 0 Å². The molecule has 1 saturated heterocycles. The van der Waals surface area contributed by atoms with Crippen molar-refractivity contribution in [2.45, 2.75) is 37.4 Å². The molecule has 0 aromatic rings. The summed E-state index contributed by atoms with van der Waals surface area (Å²) in [5.41, 5.74) is 0. The summed E-state index contributed by atoms with van der Waals surface area (Å²) >= 11 is 0. The van der Waals surface area contributed by atoms with Crippen molar-refractivity contribution < 1.29 is 0 Å². The highest BCUT2D eigenvalue weighted by Crippen LogP contribution is 2.25. The molecule has 0 aromatic carbocycles. The van der Waals surface area contributed by atoms with Gasteiger partial charge in [-0.2, -0.15) is 0 Å². The summed E-state index contributed by atoms with van der Waals surface area (Å²) in [5, 5.41) is 0.651. The molecule has 1 atom stereocenters. The number of hydrogen-bond donors (Lipinski definition) is 0. The number of rotatable bonds is 1. The van der Waals surface area contributed by atoms with Crippen molar-refractivity contribution in [3.8, 4) is 0 Å². The van der Waals surface area contributed by atoms with E-state index in [2.05, 4.69) is 25.9 Å². The predicted molar refractivity (Wildman–Crippen MR) is 49.3 cm³/mol. The number of nitrogens with zero attached hydrogens (tertiary/aromatic N) is 1. The second-order valence-corrected chi connectivity index (χ2v) is 6.68. The quantitative estimate of drug-likeness (QED) is 0.514. The van der Waals surface area contributed by atoms with Gasteiger partial charge in [-0.1, -0.05) is 25.8 Å². The Balaban J connectivity index is 2.48. The molecule has 2 heteroatoms. The van der Waals surface area contributed by atoms with Gasteiger partial charge in [-0.15, -0.1) is 0 Å². The maximum absolute atomic E-state index is 2.44. The molecular weight excluding hydrogens is 138 g/mol. The summed E-state index contributed by atoms with van der Waals surface area (Å²) in [6.45, 7) is 2.44. The van der Waals surface area contributed by atoms with Crippen LogP contribution in [0.1, 0.15) is 26.2 Å². The molecule has 60 valence electrons. The lowest BCUT2D eigenvalue weighted by Crippen LogP contribution is -2.48. The summed E-state index contributed by atoms with van der Waals surface area (Å²) in [4.78, 5) is 2.44. The smallest absolute Gasteiger partial charge is 0.0443 e. The van der Waals surface area contributed by atoms with Crippen LogP contribution in [0.5, 0.6) is 0 Å². The van der Waals surface area contributed by atoms with Crippen LogP contribution in [0.4, 0.5) is 0 Å². The minimum atomic E-state index is 0.204. The van der Waals surface area contributed by atoms with Crippen molar-refractivity contribution in [2.75, 3.05) is 14.1 Å². The highest BCUT2D eigenvalue weighted by atomic mass is 28.2. The monoisotopic (exact) mass is 157 g/mol. The third-order valence-corrected chi connectivity index (χ3v) is 5.93. The molecule has 1 rings (SSSR count). The average Bonchev–Trinajstić information content (AvgIpc) is 1.89. The lowest BCUT2D eigenvalue weighted by atomic mass is 10.1. The van der Waals surface area contributed by atoms with E-state index in [4.69, 9.17) is 0 Å². The van der Waals surface area contributed by atoms with Gasteiger partial charge in [-0.05, 0) is 20.5 Å². The van der Waals surface area contributed by atoms with E-state index < -0.39 is 0 Å². The van der Waals surface area contributed by atoms with Crippen molar-refractivity contribution in [3.05, 3.63) is 0 Å². The van der Waals surface area contributed by atoms with Crippen LogP contribution in [0.2, 0.25) is 6.04 Å². The first kappa shape index (κ1) is 8.28. The van der Waals surface area contributed by atoms with Gasteiger partial charge in [0.25, 0.3) is 0 Å². The predicted octanol–water partition coefficient (Wildman–Crippen LogP) is 1.04. The molecular formula is C8H19NSi. The largest absolute Gasteiger partial charge is 0.307 e. The van der Waals surface area contributed by atoms with Gasteiger partial charge < -0.3 is 4.90 Å². The van der Waals surface area contributed by atoms with Gasteiger partial charge in [0.2, 0.25) is 0 Å². The zero-order chi connectivity index (χ0) is 7.61. The zero-order valence-corrected chi connectivity index (χ0v) is 8.90. The molecule has 1 aliphatic heterocycles. The van der Waals surface area contributed by atoms with Gasteiger partial charge in [0, 0.05) is 14.7 Å². The highest BCUT2D eigenvalue weighted by Gasteiger charge is 2.28. The molecule has 0 saturated carbocycles. The minimum absolute atomic E-state index is 0.204. The lowest BCUT2D eigenvalue weighted by molar-refractivity contribution is 0.235. The molecule has 1 heterocycles. The molecule has 0 bridgehead atoms. The highest BCUT2D eigenvalue weighted by molar-refractivity contribution is 6.40. The molecule has 1 unspecified atom stereocenters. The van der Waals surface area contributed by atoms with Crippen LogP contribution in [0.15, 0.2) is 0 Å². The van der Waals surface area contributed by atoms with Crippen LogP contribution in [-0.2, 0) is 0 Å². The second-order valence-electron chi connectivity index (χ2n) is 3.95. The number of hydrogen-bond acceptors (Lipinski definition) is 1. The van der Waals surface area contributed by atoms with Crippen LogP contribution < -0.4 is 0 Å². The Hall–Kier alpha value is 0.177. The van der Waals surface area contributed by atoms with Crippen LogP contribution in [0.3, 0.4) is 0 Å². The maximum Gasteiger partial charge on any atom is 0.0443 e. The van der Waals surface area contributed by atoms with Gasteiger partial charge in [0.15, 0.2) is 0 Å². The topological polar surface area (TPSA) is 3.24 Å². The standard InChI is InChI=1S/C8H19NSi/c1-8(9(2)3)6-4-5-7-10-8/h4-7,10H2,1-3H3. The first-order valence-corrected chi connectivity index (χ1v) is 6.03. The maximum atomic E-state index is 2.44. The van der Waals surface area contributed by atoms with Crippen LogP contribution in [-0.4, -0.2) is 33.7 Å². The van der Waals surface area contributed by atoms with E-state index in [0.29, 0.717) is 5.16 Å². The average molecular weight is 157 g/mol. The van der Waals surface area contributed by atoms with Crippen LogP contribution in [0, 0.1) is 0 Å². The van der Waals surface area contributed by atoms with Crippen molar-refractivity contribution in [1.82, 2.24) is 4.90 Å².